The lowest BCUT2D eigenvalue weighted by Gasteiger charge is -2.14. The summed E-state index contributed by atoms with van der Waals surface area (Å²) in [5.41, 5.74) is 15.9. The molecule has 0 aliphatic heterocycles. The Morgan fingerprint density at radius 3 is 1.42 bits per heavy atom. The molecule has 3 heteroatoms. The van der Waals surface area contributed by atoms with Crippen LogP contribution < -0.4 is 0 Å². The van der Waals surface area contributed by atoms with Crippen molar-refractivity contribution in [1.29, 1.82) is 0 Å². The summed E-state index contributed by atoms with van der Waals surface area (Å²) >= 11 is 0. The van der Waals surface area contributed by atoms with E-state index in [2.05, 4.69) is 215 Å². The van der Waals surface area contributed by atoms with E-state index in [1.54, 1.807) is 0 Å². The molecule has 0 bridgehead atoms. The summed E-state index contributed by atoms with van der Waals surface area (Å²) in [4.78, 5) is 0. The second kappa shape index (κ2) is 12.5. The number of rotatable bonds is 5. The van der Waals surface area contributed by atoms with Crippen molar-refractivity contribution in [2.45, 2.75) is 0 Å². The molecule has 0 aliphatic rings. The molecule has 3 heterocycles. The molecular formula is C54H34N2O. The molecule has 0 atom stereocenters. The molecule has 3 aromatic heterocycles. The van der Waals surface area contributed by atoms with E-state index >= 15 is 0 Å². The summed E-state index contributed by atoms with van der Waals surface area (Å²) < 4.78 is 11.4. The minimum atomic E-state index is 0.871. The fourth-order valence-electron chi connectivity index (χ4n) is 9.09. The van der Waals surface area contributed by atoms with Crippen LogP contribution in [0.4, 0.5) is 0 Å². The lowest BCUT2D eigenvalue weighted by atomic mass is 9.95. The van der Waals surface area contributed by atoms with Crippen LogP contribution in [0.25, 0.3) is 110 Å². The number of aromatic nitrogens is 2. The first-order chi connectivity index (χ1) is 28.3. The third-order valence-electron chi connectivity index (χ3n) is 11.7. The van der Waals surface area contributed by atoms with Gasteiger partial charge in [-0.15, -0.1) is 0 Å². The Bertz CT molecular complexity index is 3500. The fourth-order valence-corrected chi connectivity index (χ4v) is 9.09. The summed E-state index contributed by atoms with van der Waals surface area (Å²) in [6.07, 6.45) is 0. The molecule has 0 saturated heterocycles. The van der Waals surface area contributed by atoms with E-state index in [1.807, 2.05) is 0 Å². The fraction of sp³-hybridized carbons (Fsp3) is 0. The zero-order valence-electron chi connectivity index (χ0n) is 30.9. The minimum Gasteiger partial charge on any atom is -0.456 e. The molecule has 0 amide bonds. The molecule has 12 rings (SSSR count). The van der Waals surface area contributed by atoms with Gasteiger partial charge >= 0.3 is 0 Å². The monoisotopic (exact) mass is 726 g/mol. The maximum atomic E-state index is 6.55. The number of hydrogen-bond acceptors (Lipinski definition) is 1. The molecule has 12 aromatic rings. The first-order valence-electron chi connectivity index (χ1n) is 19.5. The molecule has 0 radical (unpaired) electrons. The molecule has 0 unspecified atom stereocenters. The smallest absolute Gasteiger partial charge is 0.135 e. The van der Waals surface area contributed by atoms with Gasteiger partial charge in [-0.1, -0.05) is 133 Å². The molecule has 0 spiro atoms. The normalized spacial score (nSPS) is 11.9. The summed E-state index contributed by atoms with van der Waals surface area (Å²) in [5.74, 6) is 0. The zero-order chi connectivity index (χ0) is 37.5. The Morgan fingerprint density at radius 2 is 0.772 bits per heavy atom. The van der Waals surface area contributed by atoms with Crippen molar-refractivity contribution < 1.29 is 4.42 Å². The number of furan rings is 1. The third-order valence-corrected chi connectivity index (χ3v) is 11.7. The molecule has 266 valence electrons. The van der Waals surface area contributed by atoms with Crippen LogP contribution in [0.1, 0.15) is 0 Å². The van der Waals surface area contributed by atoms with Crippen molar-refractivity contribution >= 4 is 65.6 Å². The van der Waals surface area contributed by atoms with Crippen LogP contribution in [0.5, 0.6) is 0 Å². The number of para-hydroxylation sites is 2. The Balaban J connectivity index is 1.09. The lowest BCUT2D eigenvalue weighted by Crippen LogP contribution is -1.96. The van der Waals surface area contributed by atoms with Gasteiger partial charge in [-0.05, 0) is 101 Å². The van der Waals surface area contributed by atoms with E-state index in [0.717, 1.165) is 33.3 Å². The standard InChI is InChI=1S/C54H34N2O/c1-4-14-35(15-5-1)38-24-27-51-45(30-38)42-20-10-12-22-49(42)55(51)40-25-28-52-46(33-40)47-34-41(26-29-53(47)57-52)56-50-23-13-11-21-43(50)48-32-39(36-16-6-2-7-17-36)31-44(54(48)56)37-18-8-3-9-19-37/h1-34H. The van der Waals surface area contributed by atoms with E-state index in [-0.39, 0.29) is 0 Å². The minimum absolute atomic E-state index is 0.871. The first-order valence-corrected chi connectivity index (χ1v) is 19.5. The topological polar surface area (TPSA) is 23.0 Å². The van der Waals surface area contributed by atoms with E-state index in [0.29, 0.717) is 0 Å². The highest BCUT2D eigenvalue weighted by Crippen LogP contribution is 2.43. The highest BCUT2D eigenvalue weighted by Gasteiger charge is 2.20. The predicted molar refractivity (Wildman–Crippen MR) is 239 cm³/mol. The van der Waals surface area contributed by atoms with Crippen molar-refractivity contribution in [3.63, 3.8) is 0 Å². The highest BCUT2D eigenvalue weighted by atomic mass is 16.3. The molecule has 0 saturated carbocycles. The van der Waals surface area contributed by atoms with Crippen LogP contribution in [-0.2, 0) is 0 Å². The first kappa shape index (κ1) is 31.7. The zero-order valence-corrected chi connectivity index (χ0v) is 30.9. The Labute approximate surface area is 328 Å². The number of hydrogen-bond donors (Lipinski definition) is 0. The van der Waals surface area contributed by atoms with Gasteiger partial charge in [-0.3, -0.25) is 0 Å². The van der Waals surface area contributed by atoms with Gasteiger partial charge in [0.05, 0.1) is 22.1 Å². The maximum absolute atomic E-state index is 6.55. The third kappa shape index (κ3) is 4.92. The van der Waals surface area contributed by atoms with Crippen molar-refractivity contribution in [3.8, 4) is 44.8 Å². The van der Waals surface area contributed by atoms with Gasteiger partial charge in [-0.2, -0.15) is 0 Å². The van der Waals surface area contributed by atoms with Gasteiger partial charge in [0.2, 0.25) is 0 Å². The van der Waals surface area contributed by atoms with Crippen LogP contribution in [0.2, 0.25) is 0 Å². The largest absolute Gasteiger partial charge is 0.456 e. The second-order valence-corrected chi connectivity index (χ2v) is 14.9. The van der Waals surface area contributed by atoms with Crippen LogP contribution in [0.15, 0.2) is 211 Å². The van der Waals surface area contributed by atoms with E-state index in [9.17, 15) is 0 Å². The van der Waals surface area contributed by atoms with Crippen LogP contribution in [-0.4, -0.2) is 9.13 Å². The number of benzene rings is 9. The lowest BCUT2D eigenvalue weighted by molar-refractivity contribution is 0.669. The summed E-state index contributed by atoms with van der Waals surface area (Å²) in [7, 11) is 0. The molecule has 9 aromatic carbocycles. The van der Waals surface area contributed by atoms with Gasteiger partial charge in [0.25, 0.3) is 0 Å². The Morgan fingerprint density at radius 1 is 0.281 bits per heavy atom. The van der Waals surface area contributed by atoms with Crippen molar-refractivity contribution in [1.82, 2.24) is 9.13 Å². The molecule has 0 N–H and O–H groups in total. The van der Waals surface area contributed by atoms with Crippen LogP contribution >= 0.6 is 0 Å². The SMILES string of the molecule is c1ccc(-c2ccc3c(c2)c2ccccc2n3-c2ccc3oc4ccc(-n5c6ccccc6c6cc(-c7ccccc7)cc(-c7ccccc7)c65)cc4c3c2)cc1. The maximum Gasteiger partial charge on any atom is 0.135 e. The van der Waals surface area contributed by atoms with Crippen LogP contribution in [0.3, 0.4) is 0 Å². The average molecular weight is 727 g/mol. The highest BCUT2D eigenvalue weighted by molar-refractivity contribution is 6.16. The summed E-state index contributed by atoms with van der Waals surface area (Å²) in [6.45, 7) is 0. The second-order valence-electron chi connectivity index (χ2n) is 14.9. The van der Waals surface area contributed by atoms with Crippen molar-refractivity contribution in [2.75, 3.05) is 0 Å². The van der Waals surface area contributed by atoms with E-state index in [4.69, 9.17) is 4.42 Å². The van der Waals surface area contributed by atoms with Gasteiger partial charge in [0.15, 0.2) is 0 Å². The van der Waals surface area contributed by atoms with Gasteiger partial charge < -0.3 is 13.6 Å². The van der Waals surface area contributed by atoms with Crippen molar-refractivity contribution in [3.05, 3.63) is 206 Å². The molecule has 0 fully saturated rings. The molecule has 3 nitrogen and oxygen atoms in total. The van der Waals surface area contributed by atoms with Crippen molar-refractivity contribution in [2.24, 2.45) is 0 Å². The van der Waals surface area contributed by atoms with Gasteiger partial charge in [0, 0.05) is 49.3 Å². The van der Waals surface area contributed by atoms with E-state index in [1.165, 1.54) is 77.0 Å². The average Bonchev–Trinajstić information content (AvgIpc) is 3.94. The predicted octanol–water partition coefficient (Wildman–Crippen LogP) is 14.8. The van der Waals surface area contributed by atoms with Gasteiger partial charge in [0.1, 0.15) is 11.2 Å². The molecule has 0 aliphatic carbocycles. The van der Waals surface area contributed by atoms with Crippen LogP contribution in [0, 0.1) is 0 Å². The van der Waals surface area contributed by atoms with E-state index < -0.39 is 0 Å². The molecular weight excluding hydrogens is 693 g/mol. The summed E-state index contributed by atoms with van der Waals surface area (Å²) in [6, 6.07) is 74.5. The van der Waals surface area contributed by atoms with Gasteiger partial charge in [-0.25, -0.2) is 0 Å². The number of nitrogens with zero attached hydrogens (tertiary/aromatic N) is 2. The number of fused-ring (bicyclic) bond motifs is 9. The Hall–Kier alpha value is -7.62. The quantitative estimate of drug-likeness (QED) is 0.173. The summed E-state index contributed by atoms with van der Waals surface area (Å²) in [5, 5.41) is 7.11. The Kier molecular flexibility index (Phi) is 6.93. The molecule has 57 heavy (non-hydrogen) atoms.